The summed E-state index contributed by atoms with van der Waals surface area (Å²) in [5, 5.41) is 8.82. The fourth-order valence-electron chi connectivity index (χ4n) is 1.47. The minimum Gasteiger partial charge on any atom is -0.486 e. The van der Waals surface area contributed by atoms with E-state index in [9.17, 15) is 0 Å². The Balaban J connectivity index is 1.88. The predicted octanol–water partition coefficient (Wildman–Crippen LogP) is 1.22. The first kappa shape index (κ1) is 11.2. The van der Waals surface area contributed by atoms with Gasteiger partial charge in [-0.15, -0.1) is 0 Å². The van der Waals surface area contributed by atoms with Crippen LogP contribution in [0.15, 0.2) is 24.3 Å². The molecule has 1 N–H and O–H groups in total. The number of ether oxygens (including phenoxy) is 3. The predicted molar refractivity (Wildman–Crippen MR) is 58.9 cm³/mol. The molecule has 2 unspecified atom stereocenters. The Kier molecular flexibility index (Phi) is 3.64. The van der Waals surface area contributed by atoms with Gasteiger partial charge in [0.1, 0.15) is 6.61 Å². The number of para-hydroxylation sites is 2. The first-order valence-electron chi connectivity index (χ1n) is 5.40. The van der Waals surface area contributed by atoms with Gasteiger partial charge in [0.25, 0.3) is 0 Å². The Morgan fingerprint density at radius 2 is 2.19 bits per heavy atom. The van der Waals surface area contributed by atoms with Crippen LogP contribution in [0, 0.1) is 0 Å². The van der Waals surface area contributed by atoms with E-state index in [0.717, 1.165) is 11.5 Å². The van der Waals surface area contributed by atoms with Crippen LogP contribution in [0.2, 0.25) is 0 Å². The molecule has 0 aromatic heterocycles. The van der Waals surface area contributed by atoms with E-state index in [1.807, 2.05) is 31.2 Å². The van der Waals surface area contributed by atoms with Crippen molar-refractivity contribution in [1.29, 1.82) is 0 Å². The molecule has 1 aromatic rings. The molecule has 1 aromatic carbocycles. The van der Waals surface area contributed by atoms with Gasteiger partial charge in [0, 0.05) is 0 Å². The molecule has 2 rings (SSSR count). The molecule has 0 saturated carbocycles. The highest BCUT2D eigenvalue weighted by molar-refractivity contribution is 5.40. The van der Waals surface area contributed by atoms with E-state index in [-0.39, 0.29) is 18.8 Å². The molecule has 1 aliphatic heterocycles. The van der Waals surface area contributed by atoms with Gasteiger partial charge in [-0.25, -0.2) is 0 Å². The van der Waals surface area contributed by atoms with Crippen LogP contribution in [-0.4, -0.2) is 37.1 Å². The lowest BCUT2D eigenvalue weighted by atomic mass is 10.2. The van der Waals surface area contributed by atoms with Crippen molar-refractivity contribution in [2.75, 3.05) is 19.8 Å². The zero-order valence-electron chi connectivity index (χ0n) is 9.26. The number of rotatable bonds is 4. The van der Waals surface area contributed by atoms with E-state index in [0.29, 0.717) is 13.2 Å². The fraction of sp³-hybridized carbons (Fsp3) is 0.500. The second kappa shape index (κ2) is 5.18. The van der Waals surface area contributed by atoms with Gasteiger partial charge in [-0.3, -0.25) is 0 Å². The molecule has 0 spiro atoms. The standard InChI is InChI=1S/C12H16O4/c1-9(6-13)14-7-10-8-15-11-4-2-3-5-12(11)16-10/h2-5,9-10,13H,6-8H2,1H3. The molecule has 88 valence electrons. The maximum atomic E-state index is 8.82. The zero-order chi connectivity index (χ0) is 11.4. The lowest BCUT2D eigenvalue weighted by molar-refractivity contribution is -0.0358. The maximum absolute atomic E-state index is 8.82. The zero-order valence-corrected chi connectivity index (χ0v) is 9.26. The molecule has 0 saturated heterocycles. The highest BCUT2D eigenvalue weighted by atomic mass is 16.6. The minimum atomic E-state index is -0.166. The van der Waals surface area contributed by atoms with Crippen molar-refractivity contribution >= 4 is 0 Å². The summed E-state index contributed by atoms with van der Waals surface area (Å²) in [7, 11) is 0. The SMILES string of the molecule is CC(CO)OCC1COc2ccccc2O1. The molecular weight excluding hydrogens is 208 g/mol. The van der Waals surface area contributed by atoms with Crippen LogP contribution in [0.5, 0.6) is 11.5 Å². The van der Waals surface area contributed by atoms with Gasteiger partial charge < -0.3 is 19.3 Å². The highest BCUT2D eigenvalue weighted by Gasteiger charge is 2.21. The quantitative estimate of drug-likeness (QED) is 0.835. The molecule has 4 heteroatoms. The fourth-order valence-corrected chi connectivity index (χ4v) is 1.47. The molecule has 1 aliphatic rings. The largest absolute Gasteiger partial charge is 0.486 e. The summed E-state index contributed by atoms with van der Waals surface area (Å²) in [5.41, 5.74) is 0. The smallest absolute Gasteiger partial charge is 0.161 e. The average molecular weight is 224 g/mol. The lowest BCUT2D eigenvalue weighted by Gasteiger charge is -2.27. The Labute approximate surface area is 94.8 Å². The van der Waals surface area contributed by atoms with Gasteiger partial charge in [0.15, 0.2) is 17.6 Å². The van der Waals surface area contributed by atoms with E-state index >= 15 is 0 Å². The first-order chi connectivity index (χ1) is 7.79. The lowest BCUT2D eigenvalue weighted by Crippen LogP contribution is -2.35. The average Bonchev–Trinajstić information content (AvgIpc) is 2.35. The molecule has 0 aliphatic carbocycles. The summed E-state index contributed by atoms with van der Waals surface area (Å²) in [4.78, 5) is 0. The van der Waals surface area contributed by atoms with Crippen LogP contribution in [0.4, 0.5) is 0 Å². The van der Waals surface area contributed by atoms with Gasteiger partial charge in [-0.05, 0) is 19.1 Å². The maximum Gasteiger partial charge on any atom is 0.161 e. The summed E-state index contributed by atoms with van der Waals surface area (Å²) in [5.74, 6) is 1.52. The molecular formula is C12H16O4. The van der Waals surface area contributed by atoms with Crippen LogP contribution in [0.3, 0.4) is 0 Å². The minimum absolute atomic E-state index is 0.0180. The van der Waals surface area contributed by atoms with E-state index in [4.69, 9.17) is 19.3 Å². The second-order valence-corrected chi connectivity index (χ2v) is 3.82. The van der Waals surface area contributed by atoms with E-state index in [2.05, 4.69) is 0 Å². The van der Waals surface area contributed by atoms with E-state index in [1.54, 1.807) is 0 Å². The van der Waals surface area contributed by atoms with E-state index < -0.39 is 0 Å². The van der Waals surface area contributed by atoms with Crippen molar-refractivity contribution in [2.45, 2.75) is 19.1 Å². The summed E-state index contributed by atoms with van der Waals surface area (Å²) in [6.07, 6.45) is -0.273. The van der Waals surface area contributed by atoms with Gasteiger partial charge in [0.05, 0.1) is 19.3 Å². The first-order valence-corrected chi connectivity index (χ1v) is 5.40. The molecule has 0 fully saturated rings. The third kappa shape index (κ3) is 2.65. The molecule has 1 heterocycles. The van der Waals surface area contributed by atoms with Gasteiger partial charge in [0.2, 0.25) is 0 Å². The van der Waals surface area contributed by atoms with Gasteiger partial charge >= 0.3 is 0 Å². The van der Waals surface area contributed by atoms with Crippen molar-refractivity contribution in [2.24, 2.45) is 0 Å². The summed E-state index contributed by atoms with van der Waals surface area (Å²) in [6.45, 7) is 2.74. The van der Waals surface area contributed by atoms with Crippen LogP contribution in [0.25, 0.3) is 0 Å². The topological polar surface area (TPSA) is 47.9 Å². The number of aliphatic hydroxyl groups is 1. The number of aliphatic hydroxyl groups excluding tert-OH is 1. The molecule has 0 bridgehead atoms. The Bertz CT molecular complexity index is 340. The monoisotopic (exact) mass is 224 g/mol. The normalized spacial score (nSPS) is 20.5. The Morgan fingerprint density at radius 3 is 2.94 bits per heavy atom. The van der Waals surface area contributed by atoms with Gasteiger partial charge in [-0.2, -0.15) is 0 Å². The van der Waals surface area contributed by atoms with Crippen molar-refractivity contribution in [3.05, 3.63) is 24.3 Å². The van der Waals surface area contributed by atoms with Crippen LogP contribution in [0.1, 0.15) is 6.92 Å². The van der Waals surface area contributed by atoms with Crippen molar-refractivity contribution in [3.8, 4) is 11.5 Å². The third-order valence-corrected chi connectivity index (χ3v) is 2.39. The molecule has 0 radical (unpaired) electrons. The summed E-state index contributed by atoms with van der Waals surface area (Å²) >= 11 is 0. The number of fused-ring (bicyclic) bond motifs is 1. The highest BCUT2D eigenvalue weighted by Crippen LogP contribution is 2.30. The molecule has 16 heavy (non-hydrogen) atoms. The molecule has 0 amide bonds. The Hall–Kier alpha value is -1.26. The second-order valence-electron chi connectivity index (χ2n) is 3.82. The summed E-state index contributed by atoms with van der Waals surface area (Å²) in [6, 6.07) is 7.56. The number of hydrogen-bond acceptors (Lipinski definition) is 4. The number of benzene rings is 1. The van der Waals surface area contributed by atoms with Crippen molar-refractivity contribution in [1.82, 2.24) is 0 Å². The summed E-state index contributed by atoms with van der Waals surface area (Å²) < 4.78 is 16.6. The van der Waals surface area contributed by atoms with Crippen molar-refractivity contribution < 1.29 is 19.3 Å². The van der Waals surface area contributed by atoms with Crippen LogP contribution >= 0.6 is 0 Å². The van der Waals surface area contributed by atoms with E-state index in [1.165, 1.54) is 0 Å². The van der Waals surface area contributed by atoms with Crippen LogP contribution < -0.4 is 9.47 Å². The Morgan fingerprint density at radius 1 is 1.44 bits per heavy atom. The molecule has 2 atom stereocenters. The van der Waals surface area contributed by atoms with Crippen LogP contribution in [-0.2, 0) is 4.74 Å². The third-order valence-electron chi connectivity index (χ3n) is 2.39. The number of hydrogen-bond donors (Lipinski definition) is 1. The molecule has 4 nitrogen and oxygen atoms in total. The van der Waals surface area contributed by atoms with Gasteiger partial charge in [-0.1, -0.05) is 12.1 Å². The van der Waals surface area contributed by atoms with Crippen molar-refractivity contribution in [3.63, 3.8) is 0 Å².